The van der Waals surface area contributed by atoms with Crippen molar-refractivity contribution >= 4 is 29.1 Å². The van der Waals surface area contributed by atoms with Gasteiger partial charge in [-0.05, 0) is 84.0 Å². The summed E-state index contributed by atoms with van der Waals surface area (Å²) in [5.41, 5.74) is 1.64. The van der Waals surface area contributed by atoms with Crippen LogP contribution in [0.1, 0.15) is 62.3 Å². The Morgan fingerprint density at radius 2 is 1.26 bits per heavy atom. The summed E-state index contributed by atoms with van der Waals surface area (Å²) >= 11 is 0. The average molecular weight is 425 g/mol. The van der Waals surface area contributed by atoms with Crippen molar-refractivity contribution in [2.75, 3.05) is 17.2 Å². The molecule has 0 aromatic heterocycles. The molecule has 0 unspecified atom stereocenters. The van der Waals surface area contributed by atoms with Crippen molar-refractivity contribution in [3.63, 3.8) is 0 Å². The van der Waals surface area contributed by atoms with Crippen molar-refractivity contribution in [3.8, 4) is 0 Å². The molecule has 2 aromatic rings. The van der Waals surface area contributed by atoms with E-state index in [-0.39, 0.29) is 35.3 Å². The Labute approximate surface area is 184 Å². The zero-order chi connectivity index (χ0) is 23.2. The molecule has 0 bridgehead atoms. The number of amides is 3. The molecule has 3 amide bonds. The maximum absolute atomic E-state index is 12.3. The van der Waals surface area contributed by atoms with Crippen molar-refractivity contribution in [3.05, 3.63) is 59.7 Å². The molecule has 0 spiro atoms. The number of hydrogen-bond donors (Lipinski definition) is 4. The largest absolute Gasteiger partial charge is 0.376 e. The Bertz CT molecular complexity index is 939. The standard InChI is InChI=1S/C24H32N4O3/c1-23(2,3)27-21(30)16-10-12-18(13-11-16)25-15-20(29)26-19-9-7-8-17(14-19)22(31)28-24(4,5)6/h7-14,25H,15H2,1-6H3,(H,26,29)(H,27,30)(H,28,31). The molecule has 2 rings (SSSR count). The highest BCUT2D eigenvalue weighted by atomic mass is 16.2. The Morgan fingerprint density at radius 3 is 1.81 bits per heavy atom. The smallest absolute Gasteiger partial charge is 0.251 e. The number of anilines is 2. The quantitative estimate of drug-likeness (QED) is 0.567. The summed E-state index contributed by atoms with van der Waals surface area (Å²) in [6, 6.07) is 13.7. The number of benzene rings is 2. The summed E-state index contributed by atoms with van der Waals surface area (Å²) in [6.07, 6.45) is 0. The normalized spacial score (nSPS) is 11.4. The highest BCUT2D eigenvalue weighted by Gasteiger charge is 2.16. The van der Waals surface area contributed by atoms with Gasteiger partial charge in [0.2, 0.25) is 5.91 Å². The van der Waals surface area contributed by atoms with Gasteiger partial charge in [0.15, 0.2) is 0 Å². The average Bonchev–Trinajstić information content (AvgIpc) is 2.64. The molecule has 7 nitrogen and oxygen atoms in total. The predicted octanol–water partition coefficient (Wildman–Crippen LogP) is 3.79. The first kappa shape index (κ1) is 23.9. The molecule has 0 aliphatic rings. The number of nitrogens with one attached hydrogen (secondary N) is 4. The third-order valence-corrected chi connectivity index (χ3v) is 3.99. The molecule has 0 aliphatic carbocycles. The molecular formula is C24H32N4O3. The fraction of sp³-hybridized carbons (Fsp3) is 0.375. The maximum Gasteiger partial charge on any atom is 0.251 e. The third-order valence-electron chi connectivity index (χ3n) is 3.99. The fourth-order valence-electron chi connectivity index (χ4n) is 2.69. The van der Waals surface area contributed by atoms with Crippen LogP contribution in [0.15, 0.2) is 48.5 Å². The van der Waals surface area contributed by atoms with E-state index in [4.69, 9.17) is 0 Å². The van der Waals surface area contributed by atoms with Gasteiger partial charge in [0.05, 0.1) is 6.54 Å². The van der Waals surface area contributed by atoms with E-state index in [1.807, 2.05) is 41.5 Å². The molecule has 0 saturated carbocycles. The van der Waals surface area contributed by atoms with Crippen molar-refractivity contribution in [2.45, 2.75) is 52.6 Å². The number of carbonyl (C=O) groups excluding carboxylic acids is 3. The van der Waals surface area contributed by atoms with Crippen LogP contribution >= 0.6 is 0 Å². The van der Waals surface area contributed by atoms with E-state index in [2.05, 4.69) is 21.3 Å². The van der Waals surface area contributed by atoms with Gasteiger partial charge >= 0.3 is 0 Å². The van der Waals surface area contributed by atoms with Crippen molar-refractivity contribution < 1.29 is 14.4 Å². The second-order valence-electron chi connectivity index (χ2n) is 9.47. The van der Waals surface area contributed by atoms with Crippen LogP contribution in [0.3, 0.4) is 0 Å². The van der Waals surface area contributed by atoms with E-state index >= 15 is 0 Å². The van der Waals surface area contributed by atoms with E-state index in [0.29, 0.717) is 16.8 Å². The van der Waals surface area contributed by atoms with E-state index in [1.165, 1.54) is 0 Å². The lowest BCUT2D eigenvalue weighted by molar-refractivity contribution is -0.114. The Balaban J connectivity index is 1.90. The van der Waals surface area contributed by atoms with E-state index < -0.39 is 0 Å². The van der Waals surface area contributed by atoms with Gasteiger partial charge < -0.3 is 21.3 Å². The minimum atomic E-state index is -0.344. The lowest BCUT2D eigenvalue weighted by Gasteiger charge is -2.20. The minimum absolute atomic E-state index is 0.0476. The van der Waals surface area contributed by atoms with Gasteiger partial charge in [-0.3, -0.25) is 14.4 Å². The Morgan fingerprint density at radius 1 is 0.710 bits per heavy atom. The first-order valence-electron chi connectivity index (χ1n) is 10.2. The molecule has 4 N–H and O–H groups in total. The molecule has 0 heterocycles. The lowest BCUT2D eigenvalue weighted by atomic mass is 10.1. The molecule has 166 valence electrons. The Hall–Kier alpha value is -3.35. The van der Waals surface area contributed by atoms with Crippen LogP contribution in [0.25, 0.3) is 0 Å². The van der Waals surface area contributed by atoms with Gasteiger partial charge in [-0.1, -0.05) is 6.07 Å². The molecule has 31 heavy (non-hydrogen) atoms. The van der Waals surface area contributed by atoms with Gasteiger partial charge in [-0.2, -0.15) is 0 Å². The second kappa shape index (κ2) is 9.64. The second-order valence-corrected chi connectivity index (χ2v) is 9.47. The minimum Gasteiger partial charge on any atom is -0.376 e. The van der Waals surface area contributed by atoms with E-state index in [9.17, 15) is 14.4 Å². The predicted molar refractivity (Wildman–Crippen MR) is 124 cm³/mol. The summed E-state index contributed by atoms with van der Waals surface area (Å²) < 4.78 is 0. The van der Waals surface area contributed by atoms with Crippen molar-refractivity contribution in [1.82, 2.24) is 10.6 Å². The topological polar surface area (TPSA) is 99.3 Å². The fourth-order valence-corrected chi connectivity index (χ4v) is 2.69. The van der Waals surface area contributed by atoms with E-state index in [1.54, 1.807) is 48.5 Å². The van der Waals surface area contributed by atoms with Crippen LogP contribution in [0.5, 0.6) is 0 Å². The molecule has 2 aromatic carbocycles. The first-order chi connectivity index (χ1) is 14.3. The van der Waals surface area contributed by atoms with Gasteiger partial charge in [0.25, 0.3) is 11.8 Å². The molecule has 7 heteroatoms. The van der Waals surface area contributed by atoms with Crippen molar-refractivity contribution in [2.24, 2.45) is 0 Å². The van der Waals surface area contributed by atoms with Crippen LogP contribution in [-0.2, 0) is 4.79 Å². The molecule has 0 saturated heterocycles. The first-order valence-corrected chi connectivity index (χ1v) is 10.2. The summed E-state index contributed by atoms with van der Waals surface area (Å²) in [7, 11) is 0. The molecule has 0 aliphatic heterocycles. The van der Waals surface area contributed by atoms with Crippen LogP contribution < -0.4 is 21.3 Å². The van der Waals surface area contributed by atoms with E-state index in [0.717, 1.165) is 5.69 Å². The van der Waals surface area contributed by atoms with Gasteiger partial charge in [-0.25, -0.2) is 0 Å². The highest BCUT2D eigenvalue weighted by Crippen LogP contribution is 2.13. The number of carbonyl (C=O) groups is 3. The summed E-state index contributed by atoms with van der Waals surface area (Å²) in [4.78, 5) is 36.8. The maximum atomic E-state index is 12.3. The van der Waals surface area contributed by atoms with Gasteiger partial charge in [0.1, 0.15) is 0 Å². The zero-order valence-electron chi connectivity index (χ0n) is 19.1. The molecular weight excluding hydrogens is 392 g/mol. The molecule has 0 fully saturated rings. The molecule has 0 atom stereocenters. The monoisotopic (exact) mass is 424 g/mol. The van der Waals surface area contributed by atoms with Crippen LogP contribution in [-0.4, -0.2) is 35.3 Å². The van der Waals surface area contributed by atoms with Crippen molar-refractivity contribution in [1.29, 1.82) is 0 Å². The van der Waals surface area contributed by atoms with Crippen LogP contribution in [0.2, 0.25) is 0 Å². The van der Waals surface area contributed by atoms with Crippen LogP contribution in [0.4, 0.5) is 11.4 Å². The third kappa shape index (κ3) is 8.50. The molecule has 0 radical (unpaired) electrons. The number of rotatable bonds is 6. The van der Waals surface area contributed by atoms with Crippen LogP contribution in [0, 0.1) is 0 Å². The summed E-state index contributed by atoms with van der Waals surface area (Å²) in [5, 5.41) is 11.6. The SMILES string of the molecule is CC(C)(C)NC(=O)c1ccc(NCC(=O)Nc2cccc(C(=O)NC(C)(C)C)c2)cc1. The summed E-state index contributed by atoms with van der Waals surface area (Å²) in [5.74, 6) is -0.590. The Kier molecular flexibility index (Phi) is 7.44. The lowest BCUT2D eigenvalue weighted by Crippen LogP contribution is -2.40. The van der Waals surface area contributed by atoms with Gasteiger partial charge in [0, 0.05) is 33.6 Å². The highest BCUT2D eigenvalue weighted by molar-refractivity contribution is 5.98. The summed E-state index contributed by atoms with van der Waals surface area (Å²) in [6.45, 7) is 11.5. The number of hydrogen-bond acceptors (Lipinski definition) is 4. The zero-order valence-corrected chi connectivity index (χ0v) is 19.1. The van der Waals surface area contributed by atoms with Gasteiger partial charge in [-0.15, -0.1) is 0 Å².